The number of benzene rings is 1. The molecule has 0 amide bonds. The van der Waals surface area contributed by atoms with Crippen molar-refractivity contribution in [3.05, 3.63) is 29.8 Å². The standard InChI is InChI=1S/C12H16NO5P/c1-9-3-5-10(6-4-9)18-19(15,16-2)13-11-7-8-17-12(11)14/h3-6,11H,7-8H2,1-2H3,(H,13,15)/t11?,19-/m0/s1. The Bertz CT molecular complexity index is 501. The van der Waals surface area contributed by atoms with Crippen molar-refractivity contribution < 1.29 is 23.1 Å². The van der Waals surface area contributed by atoms with Gasteiger partial charge in [0.25, 0.3) is 0 Å². The molecular weight excluding hydrogens is 269 g/mol. The van der Waals surface area contributed by atoms with Crippen LogP contribution in [0.5, 0.6) is 5.75 Å². The van der Waals surface area contributed by atoms with E-state index in [2.05, 4.69) is 5.09 Å². The summed E-state index contributed by atoms with van der Waals surface area (Å²) in [5.74, 6) is -0.0283. The zero-order chi connectivity index (χ0) is 13.9. The molecule has 0 spiro atoms. The normalized spacial score (nSPS) is 21.8. The first-order valence-corrected chi connectivity index (χ1v) is 7.43. The molecule has 0 bridgehead atoms. The maximum Gasteiger partial charge on any atom is 0.459 e. The van der Waals surface area contributed by atoms with Crippen molar-refractivity contribution in [3.63, 3.8) is 0 Å². The highest BCUT2D eigenvalue weighted by Crippen LogP contribution is 2.44. The van der Waals surface area contributed by atoms with Crippen LogP contribution in [-0.4, -0.2) is 25.7 Å². The van der Waals surface area contributed by atoms with Gasteiger partial charge in [0.1, 0.15) is 11.8 Å². The zero-order valence-corrected chi connectivity index (χ0v) is 11.7. The van der Waals surface area contributed by atoms with Gasteiger partial charge in [0.2, 0.25) is 0 Å². The number of rotatable bonds is 5. The lowest BCUT2D eigenvalue weighted by molar-refractivity contribution is -0.139. The van der Waals surface area contributed by atoms with E-state index in [1.165, 1.54) is 7.11 Å². The van der Waals surface area contributed by atoms with E-state index in [-0.39, 0.29) is 0 Å². The molecule has 1 heterocycles. The summed E-state index contributed by atoms with van der Waals surface area (Å²) in [6.45, 7) is 2.25. The van der Waals surface area contributed by atoms with Crippen molar-refractivity contribution in [1.29, 1.82) is 0 Å². The molecule has 0 saturated carbocycles. The summed E-state index contributed by atoms with van der Waals surface area (Å²) in [4.78, 5) is 11.3. The highest BCUT2D eigenvalue weighted by Gasteiger charge is 2.36. The van der Waals surface area contributed by atoms with Crippen molar-refractivity contribution in [1.82, 2.24) is 5.09 Å². The van der Waals surface area contributed by atoms with Crippen LogP contribution in [0.15, 0.2) is 24.3 Å². The SMILES string of the molecule is CO[P@@](=O)(NC1CCOC1=O)Oc1ccc(C)cc1. The second-order valence-corrected chi connectivity index (χ2v) is 6.02. The Kier molecular flexibility index (Phi) is 4.24. The van der Waals surface area contributed by atoms with Crippen LogP contribution < -0.4 is 9.61 Å². The number of cyclic esters (lactones) is 1. The Morgan fingerprint density at radius 2 is 2.05 bits per heavy atom. The van der Waals surface area contributed by atoms with Crippen molar-refractivity contribution in [2.45, 2.75) is 19.4 Å². The zero-order valence-electron chi connectivity index (χ0n) is 10.8. The third-order valence-corrected chi connectivity index (χ3v) is 4.30. The van der Waals surface area contributed by atoms with E-state index in [9.17, 15) is 9.36 Å². The number of carbonyl (C=O) groups is 1. The summed E-state index contributed by atoms with van der Waals surface area (Å²) in [6, 6.07) is 6.39. The van der Waals surface area contributed by atoms with Gasteiger partial charge in [-0.3, -0.25) is 9.32 Å². The Labute approximate surface area is 111 Å². The number of carbonyl (C=O) groups excluding carboxylic acids is 1. The Morgan fingerprint density at radius 1 is 1.37 bits per heavy atom. The number of hydrogen-bond donors (Lipinski definition) is 1. The van der Waals surface area contributed by atoms with Crippen LogP contribution in [0.4, 0.5) is 0 Å². The lowest BCUT2D eigenvalue weighted by atomic mass is 10.2. The maximum atomic E-state index is 12.4. The van der Waals surface area contributed by atoms with Crippen LogP contribution in [0, 0.1) is 6.92 Å². The molecule has 0 aromatic heterocycles. The molecule has 1 unspecified atom stereocenters. The van der Waals surface area contributed by atoms with Gasteiger partial charge in [0.05, 0.1) is 6.61 Å². The Morgan fingerprint density at radius 3 is 2.58 bits per heavy atom. The quantitative estimate of drug-likeness (QED) is 0.659. The smallest absolute Gasteiger partial charge is 0.459 e. The van der Waals surface area contributed by atoms with Gasteiger partial charge in [-0.05, 0) is 19.1 Å². The molecule has 2 atom stereocenters. The fraction of sp³-hybridized carbons (Fsp3) is 0.417. The van der Waals surface area contributed by atoms with Gasteiger partial charge < -0.3 is 9.26 Å². The Balaban J connectivity index is 2.07. The van der Waals surface area contributed by atoms with Crippen LogP contribution in [0.1, 0.15) is 12.0 Å². The first kappa shape index (κ1) is 14.1. The van der Waals surface area contributed by atoms with E-state index in [1.54, 1.807) is 12.1 Å². The van der Waals surface area contributed by atoms with E-state index < -0.39 is 19.8 Å². The summed E-state index contributed by atoms with van der Waals surface area (Å²) in [6.07, 6.45) is 0.448. The minimum absolute atomic E-state index is 0.310. The molecule has 1 aromatic rings. The van der Waals surface area contributed by atoms with Gasteiger partial charge in [-0.2, -0.15) is 5.09 Å². The predicted molar refractivity (Wildman–Crippen MR) is 68.9 cm³/mol. The molecule has 1 N–H and O–H groups in total. The summed E-state index contributed by atoms with van der Waals surface area (Å²) < 4.78 is 27.4. The van der Waals surface area contributed by atoms with Gasteiger partial charge in [-0.25, -0.2) is 4.57 Å². The second kappa shape index (κ2) is 5.74. The van der Waals surface area contributed by atoms with Gasteiger partial charge >= 0.3 is 13.7 Å². The largest absolute Gasteiger partial charge is 0.464 e. The molecule has 0 radical (unpaired) electrons. The lowest BCUT2D eigenvalue weighted by Crippen LogP contribution is -2.32. The molecular formula is C12H16NO5P. The number of nitrogens with one attached hydrogen (secondary N) is 1. The number of hydrogen-bond acceptors (Lipinski definition) is 5. The number of esters is 1. The summed E-state index contributed by atoms with van der Waals surface area (Å²) in [7, 11) is -2.31. The van der Waals surface area contributed by atoms with E-state index in [1.807, 2.05) is 19.1 Å². The maximum absolute atomic E-state index is 12.4. The summed E-state index contributed by atoms with van der Waals surface area (Å²) in [5, 5.41) is 2.59. The van der Waals surface area contributed by atoms with Gasteiger partial charge in [0, 0.05) is 13.5 Å². The number of aryl methyl sites for hydroxylation is 1. The van der Waals surface area contributed by atoms with E-state index in [0.29, 0.717) is 18.8 Å². The fourth-order valence-corrected chi connectivity index (χ4v) is 2.91. The average Bonchev–Trinajstić information content (AvgIpc) is 2.78. The minimum Gasteiger partial charge on any atom is -0.464 e. The van der Waals surface area contributed by atoms with E-state index in [0.717, 1.165) is 5.56 Å². The van der Waals surface area contributed by atoms with Gasteiger partial charge in [0.15, 0.2) is 0 Å². The van der Waals surface area contributed by atoms with Crippen molar-refractivity contribution in [2.24, 2.45) is 0 Å². The van der Waals surface area contributed by atoms with E-state index in [4.69, 9.17) is 13.8 Å². The van der Waals surface area contributed by atoms with Crippen LogP contribution in [-0.2, 0) is 18.6 Å². The molecule has 1 aliphatic rings. The van der Waals surface area contributed by atoms with Crippen molar-refractivity contribution in [2.75, 3.05) is 13.7 Å². The summed E-state index contributed by atoms with van der Waals surface area (Å²) in [5.41, 5.74) is 1.06. The first-order valence-electron chi connectivity index (χ1n) is 5.89. The van der Waals surface area contributed by atoms with Gasteiger partial charge in [-0.1, -0.05) is 17.7 Å². The first-order chi connectivity index (χ1) is 9.02. The summed E-state index contributed by atoms with van der Waals surface area (Å²) >= 11 is 0. The Hall–Kier alpha value is -1.36. The van der Waals surface area contributed by atoms with Crippen LogP contribution in [0.25, 0.3) is 0 Å². The second-order valence-electron chi connectivity index (χ2n) is 4.22. The van der Waals surface area contributed by atoms with Gasteiger partial charge in [-0.15, -0.1) is 0 Å². The molecule has 6 nitrogen and oxygen atoms in total. The fourth-order valence-electron chi connectivity index (χ4n) is 1.66. The van der Waals surface area contributed by atoms with Crippen LogP contribution in [0.3, 0.4) is 0 Å². The highest BCUT2D eigenvalue weighted by molar-refractivity contribution is 7.52. The predicted octanol–water partition coefficient (Wildman–Crippen LogP) is 2.03. The molecule has 2 rings (SSSR count). The van der Waals surface area contributed by atoms with E-state index >= 15 is 0 Å². The average molecular weight is 285 g/mol. The van der Waals surface area contributed by atoms with Crippen LogP contribution in [0.2, 0.25) is 0 Å². The molecule has 1 aromatic carbocycles. The highest BCUT2D eigenvalue weighted by atomic mass is 31.2. The molecule has 104 valence electrons. The molecule has 1 fully saturated rings. The molecule has 7 heteroatoms. The lowest BCUT2D eigenvalue weighted by Gasteiger charge is -2.19. The van der Waals surface area contributed by atoms with Crippen molar-refractivity contribution in [3.8, 4) is 5.75 Å². The minimum atomic E-state index is -3.57. The van der Waals surface area contributed by atoms with Crippen molar-refractivity contribution >= 4 is 13.7 Å². The topological polar surface area (TPSA) is 73.9 Å². The molecule has 1 aliphatic heterocycles. The number of ether oxygens (including phenoxy) is 1. The van der Waals surface area contributed by atoms with Crippen LogP contribution >= 0.6 is 7.75 Å². The molecule has 0 aliphatic carbocycles. The molecule has 19 heavy (non-hydrogen) atoms. The third kappa shape index (κ3) is 3.56. The molecule has 1 saturated heterocycles. The monoisotopic (exact) mass is 285 g/mol. The third-order valence-electron chi connectivity index (χ3n) is 2.74.